The van der Waals surface area contributed by atoms with Crippen LogP contribution in [0, 0.1) is 0 Å². The van der Waals surface area contributed by atoms with E-state index in [0.29, 0.717) is 6.54 Å². The number of likely N-dealkylation sites (N-methyl/N-ethyl adjacent to an activating group) is 1. The molecule has 2 heterocycles. The molecule has 2 rings (SSSR count). The molecule has 0 bridgehead atoms. The highest BCUT2D eigenvalue weighted by molar-refractivity contribution is 9.10. The van der Waals surface area contributed by atoms with E-state index in [0.717, 1.165) is 30.4 Å². The second-order valence-electron chi connectivity index (χ2n) is 5.44. The highest BCUT2D eigenvalue weighted by Crippen LogP contribution is 2.21. The van der Waals surface area contributed by atoms with Crippen LogP contribution in [0.3, 0.4) is 0 Å². The number of hydrogen-bond acceptors (Lipinski definition) is 3. The maximum absolute atomic E-state index is 12.0. The van der Waals surface area contributed by atoms with Crippen molar-refractivity contribution < 1.29 is 4.79 Å². The van der Waals surface area contributed by atoms with E-state index in [4.69, 9.17) is 0 Å². The molecule has 0 saturated carbocycles. The summed E-state index contributed by atoms with van der Waals surface area (Å²) in [4.78, 5) is 27.7. The van der Waals surface area contributed by atoms with Crippen molar-refractivity contribution in [2.75, 3.05) is 33.7 Å². The summed E-state index contributed by atoms with van der Waals surface area (Å²) in [6.07, 6.45) is 3.50. The summed E-state index contributed by atoms with van der Waals surface area (Å²) in [5.74, 6) is 0.164. The topological polar surface area (TPSA) is 45.6 Å². The zero-order chi connectivity index (χ0) is 14.7. The molecule has 20 heavy (non-hydrogen) atoms. The van der Waals surface area contributed by atoms with Crippen LogP contribution in [0.5, 0.6) is 0 Å². The predicted octanol–water partition coefficient (Wildman–Crippen LogP) is 1.34. The Balaban J connectivity index is 1.97. The first-order valence-corrected chi connectivity index (χ1v) is 7.57. The number of rotatable bonds is 3. The van der Waals surface area contributed by atoms with Crippen LogP contribution in [0.1, 0.15) is 18.9 Å². The molecule has 0 radical (unpaired) electrons. The van der Waals surface area contributed by atoms with Crippen LogP contribution in [0.4, 0.5) is 0 Å². The molecule has 1 saturated heterocycles. The van der Waals surface area contributed by atoms with Crippen LogP contribution in [0.15, 0.2) is 27.6 Å². The Kier molecular flexibility index (Phi) is 4.99. The minimum Gasteiger partial charge on any atom is -0.341 e. The van der Waals surface area contributed by atoms with Gasteiger partial charge in [0.1, 0.15) is 0 Å². The Morgan fingerprint density at radius 3 is 2.60 bits per heavy atom. The lowest BCUT2D eigenvalue weighted by Crippen LogP contribution is -2.43. The van der Waals surface area contributed by atoms with Gasteiger partial charge in [0, 0.05) is 35.9 Å². The number of halogens is 1. The molecule has 6 heteroatoms. The molecular weight excluding hydrogens is 322 g/mol. The molecule has 0 N–H and O–H groups in total. The Labute approximate surface area is 127 Å². The standard InChI is InChI=1S/C14H20BrN3O2/c1-16(2)10-14(20)17-6-4-12(5-7-17)18-8-3-11(15)9-13(18)19/h3,8-9,12H,4-7,10H2,1-2H3. The highest BCUT2D eigenvalue weighted by Gasteiger charge is 2.24. The lowest BCUT2D eigenvalue weighted by Gasteiger charge is -2.33. The predicted molar refractivity (Wildman–Crippen MR) is 81.8 cm³/mol. The van der Waals surface area contributed by atoms with Crippen LogP contribution in [0.25, 0.3) is 0 Å². The van der Waals surface area contributed by atoms with Gasteiger partial charge in [-0.25, -0.2) is 0 Å². The van der Waals surface area contributed by atoms with Gasteiger partial charge >= 0.3 is 0 Å². The van der Waals surface area contributed by atoms with Crippen molar-refractivity contribution in [2.45, 2.75) is 18.9 Å². The number of piperidine rings is 1. The van der Waals surface area contributed by atoms with E-state index >= 15 is 0 Å². The summed E-state index contributed by atoms with van der Waals surface area (Å²) < 4.78 is 2.58. The fourth-order valence-electron chi connectivity index (χ4n) is 2.53. The zero-order valence-corrected chi connectivity index (χ0v) is 13.5. The summed E-state index contributed by atoms with van der Waals surface area (Å²) in [7, 11) is 3.79. The number of likely N-dealkylation sites (tertiary alicyclic amines) is 1. The van der Waals surface area contributed by atoms with Crippen LogP contribution < -0.4 is 5.56 Å². The van der Waals surface area contributed by atoms with Crippen molar-refractivity contribution in [1.29, 1.82) is 0 Å². The molecule has 0 aliphatic carbocycles. The van der Waals surface area contributed by atoms with Gasteiger partial charge in [-0.2, -0.15) is 0 Å². The lowest BCUT2D eigenvalue weighted by molar-refractivity contribution is -0.133. The largest absolute Gasteiger partial charge is 0.341 e. The molecule has 1 aliphatic rings. The summed E-state index contributed by atoms with van der Waals surface area (Å²) in [5, 5.41) is 0. The Bertz CT molecular complexity index is 533. The van der Waals surface area contributed by atoms with Crippen LogP contribution in [-0.2, 0) is 4.79 Å². The van der Waals surface area contributed by atoms with Gasteiger partial charge in [-0.3, -0.25) is 9.59 Å². The number of carbonyl (C=O) groups excluding carboxylic acids is 1. The SMILES string of the molecule is CN(C)CC(=O)N1CCC(n2ccc(Br)cc2=O)CC1. The Hall–Kier alpha value is -1.14. The number of pyridine rings is 1. The summed E-state index contributed by atoms with van der Waals surface area (Å²) in [6, 6.07) is 3.66. The minimum atomic E-state index is 0.0115. The fraction of sp³-hybridized carbons (Fsp3) is 0.571. The van der Waals surface area contributed by atoms with E-state index in [1.807, 2.05) is 36.2 Å². The second-order valence-corrected chi connectivity index (χ2v) is 6.36. The van der Waals surface area contributed by atoms with E-state index in [2.05, 4.69) is 15.9 Å². The van der Waals surface area contributed by atoms with E-state index in [1.54, 1.807) is 10.6 Å². The molecule has 110 valence electrons. The highest BCUT2D eigenvalue weighted by atomic mass is 79.9. The van der Waals surface area contributed by atoms with Gasteiger partial charge < -0.3 is 14.4 Å². The average molecular weight is 342 g/mol. The average Bonchev–Trinajstić information content (AvgIpc) is 2.38. The third-order valence-corrected chi connectivity index (χ3v) is 4.07. The van der Waals surface area contributed by atoms with Gasteiger partial charge in [0.25, 0.3) is 5.56 Å². The maximum Gasteiger partial charge on any atom is 0.251 e. The van der Waals surface area contributed by atoms with Crippen LogP contribution in [-0.4, -0.2) is 54.0 Å². The summed E-state index contributed by atoms with van der Waals surface area (Å²) in [5.41, 5.74) is 0.0115. The number of nitrogens with zero attached hydrogens (tertiary/aromatic N) is 3. The van der Waals surface area contributed by atoms with Crippen molar-refractivity contribution >= 4 is 21.8 Å². The van der Waals surface area contributed by atoms with Gasteiger partial charge in [0.2, 0.25) is 5.91 Å². The molecule has 0 spiro atoms. The summed E-state index contributed by atoms with van der Waals surface area (Å²) >= 11 is 3.30. The first kappa shape index (κ1) is 15.3. The van der Waals surface area contributed by atoms with Crippen molar-refractivity contribution in [3.8, 4) is 0 Å². The molecule has 0 atom stereocenters. The molecule has 0 unspecified atom stereocenters. The fourth-order valence-corrected chi connectivity index (χ4v) is 2.85. The van der Waals surface area contributed by atoms with Crippen molar-refractivity contribution in [2.24, 2.45) is 0 Å². The number of carbonyl (C=O) groups is 1. The number of amides is 1. The van der Waals surface area contributed by atoms with E-state index < -0.39 is 0 Å². The molecule has 0 aromatic carbocycles. The third-order valence-electron chi connectivity index (χ3n) is 3.57. The molecule has 5 nitrogen and oxygen atoms in total. The molecule has 1 aliphatic heterocycles. The third kappa shape index (κ3) is 3.70. The first-order chi connectivity index (χ1) is 9.47. The van der Waals surface area contributed by atoms with Crippen molar-refractivity contribution in [3.63, 3.8) is 0 Å². The quantitative estimate of drug-likeness (QED) is 0.833. The first-order valence-electron chi connectivity index (χ1n) is 6.77. The molecular formula is C14H20BrN3O2. The van der Waals surface area contributed by atoms with Gasteiger partial charge in [-0.05, 0) is 33.0 Å². The van der Waals surface area contributed by atoms with E-state index in [9.17, 15) is 9.59 Å². The Morgan fingerprint density at radius 1 is 1.40 bits per heavy atom. The van der Waals surface area contributed by atoms with Gasteiger partial charge in [0.05, 0.1) is 6.54 Å². The molecule has 1 amide bonds. The maximum atomic E-state index is 12.0. The van der Waals surface area contributed by atoms with Gasteiger partial charge in [0.15, 0.2) is 0 Å². The van der Waals surface area contributed by atoms with Gasteiger partial charge in [-0.1, -0.05) is 15.9 Å². The van der Waals surface area contributed by atoms with E-state index in [-0.39, 0.29) is 17.5 Å². The molecule has 1 aromatic rings. The van der Waals surface area contributed by atoms with Crippen molar-refractivity contribution in [3.05, 3.63) is 33.2 Å². The molecule has 1 aromatic heterocycles. The van der Waals surface area contributed by atoms with Crippen LogP contribution in [0.2, 0.25) is 0 Å². The zero-order valence-electron chi connectivity index (χ0n) is 11.9. The van der Waals surface area contributed by atoms with E-state index in [1.165, 1.54) is 0 Å². The number of aromatic nitrogens is 1. The molecule has 1 fully saturated rings. The lowest BCUT2D eigenvalue weighted by atomic mass is 10.0. The Morgan fingerprint density at radius 2 is 2.05 bits per heavy atom. The minimum absolute atomic E-state index is 0.0115. The van der Waals surface area contributed by atoms with Gasteiger partial charge in [-0.15, -0.1) is 0 Å². The van der Waals surface area contributed by atoms with Crippen molar-refractivity contribution in [1.82, 2.24) is 14.4 Å². The smallest absolute Gasteiger partial charge is 0.251 e. The summed E-state index contributed by atoms with van der Waals surface area (Å²) in [6.45, 7) is 1.89. The second kappa shape index (κ2) is 6.54. The van der Waals surface area contributed by atoms with Crippen LogP contribution >= 0.6 is 15.9 Å². The monoisotopic (exact) mass is 341 g/mol. The number of hydrogen-bond donors (Lipinski definition) is 0. The normalized spacial score (nSPS) is 16.7.